The third kappa shape index (κ3) is 4.02. The molecule has 170 valence electrons. The standard InChI is InChI=1S/C21H23F2N5O4/c1-12-10-27(5-6-28(12)16-8-14(22)7-15(23)9-16)18(29)3-4-21(17-11-32-13(2)24-17)19(30)25-20(31)26-21/h7-9,11-12H,3-6,10H2,1-2H3,(H2,25,26,30,31)/t12-,21?/m0/s1. The predicted molar refractivity (Wildman–Crippen MR) is 109 cm³/mol. The van der Waals surface area contributed by atoms with Gasteiger partial charge in [0.1, 0.15) is 23.6 Å². The second kappa shape index (κ2) is 8.21. The van der Waals surface area contributed by atoms with Crippen LogP contribution in [-0.2, 0) is 15.1 Å². The van der Waals surface area contributed by atoms with Crippen molar-refractivity contribution in [3.05, 3.63) is 47.7 Å². The van der Waals surface area contributed by atoms with Crippen molar-refractivity contribution in [2.45, 2.75) is 38.3 Å². The Hall–Kier alpha value is -3.50. The maximum absolute atomic E-state index is 13.6. The van der Waals surface area contributed by atoms with Gasteiger partial charge in [0.2, 0.25) is 5.91 Å². The maximum atomic E-state index is 13.6. The van der Waals surface area contributed by atoms with Gasteiger partial charge >= 0.3 is 6.03 Å². The number of aryl methyl sites for hydroxylation is 1. The molecule has 0 radical (unpaired) electrons. The molecule has 0 bridgehead atoms. The van der Waals surface area contributed by atoms with Gasteiger partial charge in [-0.2, -0.15) is 0 Å². The molecule has 0 aliphatic carbocycles. The largest absolute Gasteiger partial charge is 0.449 e. The van der Waals surface area contributed by atoms with E-state index in [1.807, 2.05) is 11.8 Å². The summed E-state index contributed by atoms with van der Waals surface area (Å²) < 4.78 is 32.4. The number of urea groups is 1. The van der Waals surface area contributed by atoms with Crippen molar-refractivity contribution in [2.24, 2.45) is 0 Å². The molecule has 2 saturated heterocycles. The summed E-state index contributed by atoms with van der Waals surface area (Å²) in [6.45, 7) is 4.59. The summed E-state index contributed by atoms with van der Waals surface area (Å²) in [6, 6.07) is 2.52. The van der Waals surface area contributed by atoms with E-state index in [0.717, 1.165) is 6.07 Å². The minimum Gasteiger partial charge on any atom is -0.449 e. The summed E-state index contributed by atoms with van der Waals surface area (Å²) in [6.07, 6.45) is 1.30. The Morgan fingerprint density at radius 2 is 1.97 bits per heavy atom. The average Bonchev–Trinajstić information content (AvgIpc) is 3.28. The molecule has 32 heavy (non-hydrogen) atoms. The summed E-state index contributed by atoms with van der Waals surface area (Å²) >= 11 is 0. The Morgan fingerprint density at radius 3 is 2.53 bits per heavy atom. The molecule has 0 spiro atoms. The van der Waals surface area contributed by atoms with Crippen LogP contribution in [0.4, 0.5) is 19.3 Å². The molecule has 1 aromatic heterocycles. The van der Waals surface area contributed by atoms with Crippen LogP contribution in [0.15, 0.2) is 28.9 Å². The molecule has 4 amide bonds. The van der Waals surface area contributed by atoms with Crippen molar-refractivity contribution in [1.29, 1.82) is 0 Å². The minimum atomic E-state index is -1.48. The van der Waals surface area contributed by atoms with Gasteiger partial charge in [-0.25, -0.2) is 18.6 Å². The van der Waals surface area contributed by atoms with E-state index in [0.29, 0.717) is 31.2 Å². The van der Waals surface area contributed by atoms with Gasteiger partial charge in [0.15, 0.2) is 11.4 Å². The first-order valence-corrected chi connectivity index (χ1v) is 10.2. The number of amides is 4. The van der Waals surface area contributed by atoms with Crippen LogP contribution in [0.3, 0.4) is 0 Å². The molecule has 1 aromatic carbocycles. The molecule has 4 rings (SSSR count). The van der Waals surface area contributed by atoms with Crippen molar-refractivity contribution in [2.75, 3.05) is 24.5 Å². The van der Waals surface area contributed by atoms with Crippen LogP contribution >= 0.6 is 0 Å². The molecular weight excluding hydrogens is 424 g/mol. The number of nitrogens with one attached hydrogen (secondary N) is 2. The molecule has 2 aliphatic heterocycles. The van der Waals surface area contributed by atoms with Crippen molar-refractivity contribution < 1.29 is 27.6 Å². The molecular formula is C21H23F2N5O4. The highest BCUT2D eigenvalue weighted by molar-refractivity contribution is 6.07. The lowest BCUT2D eigenvalue weighted by atomic mass is 9.90. The SMILES string of the molecule is Cc1nc(C2(CCC(=O)N3CCN(c4cc(F)cc(F)c4)[C@@H](C)C3)NC(=O)NC2=O)co1. The number of benzene rings is 1. The molecule has 2 fully saturated rings. The van der Waals surface area contributed by atoms with E-state index in [9.17, 15) is 23.2 Å². The fourth-order valence-electron chi connectivity index (χ4n) is 4.26. The zero-order valence-electron chi connectivity index (χ0n) is 17.7. The van der Waals surface area contributed by atoms with E-state index in [2.05, 4.69) is 15.6 Å². The molecule has 0 saturated carbocycles. The number of piperazine rings is 1. The van der Waals surface area contributed by atoms with Gasteiger partial charge in [-0.15, -0.1) is 0 Å². The van der Waals surface area contributed by atoms with Gasteiger partial charge in [-0.05, 0) is 25.5 Å². The summed E-state index contributed by atoms with van der Waals surface area (Å²) in [4.78, 5) is 44.9. The average molecular weight is 447 g/mol. The normalized spacial score (nSPS) is 23.3. The molecule has 3 heterocycles. The Balaban J connectivity index is 1.43. The smallest absolute Gasteiger partial charge is 0.322 e. The lowest BCUT2D eigenvalue weighted by molar-refractivity contribution is -0.133. The number of carbonyl (C=O) groups is 3. The van der Waals surface area contributed by atoms with Crippen molar-refractivity contribution >= 4 is 23.5 Å². The molecule has 2 aliphatic rings. The first-order valence-electron chi connectivity index (χ1n) is 10.2. The van der Waals surface area contributed by atoms with E-state index >= 15 is 0 Å². The lowest BCUT2D eigenvalue weighted by Gasteiger charge is -2.41. The number of carbonyl (C=O) groups excluding carboxylic acids is 3. The Labute approximate surface area is 182 Å². The van der Waals surface area contributed by atoms with Crippen LogP contribution in [0.5, 0.6) is 0 Å². The van der Waals surface area contributed by atoms with Crippen LogP contribution in [-0.4, -0.2) is 53.4 Å². The minimum absolute atomic E-state index is 0.0130. The number of anilines is 1. The topological polar surface area (TPSA) is 108 Å². The Morgan fingerprint density at radius 1 is 1.25 bits per heavy atom. The molecule has 2 atom stereocenters. The number of rotatable bonds is 5. The summed E-state index contributed by atoms with van der Waals surface area (Å²) in [7, 11) is 0. The van der Waals surface area contributed by atoms with E-state index < -0.39 is 29.1 Å². The van der Waals surface area contributed by atoms with E-state index in [-0.39, 0.29) is 30.5 Å². The third-order valence-corrected chi connectivity index (χ3v) is 5.87. The van der Waals surface area contributed by atoms with Crippen LogP contribution in [0.2, 0.25) is 0 Å². The van der Waals surface area contributed by atoms with Gasteiger partial charge in [-0.3, -0.25) is 14.9 Å². The number of nitrogens with zero attached hydrogens (tertiary/aromatic N) is 3. The Kier molecular flexibility index (Phi) is 5.57. The third-order valence-electron chi connectivity index (χ3n) is 5.87. The van der Waals surface area contributed by atoms with Gasteiger partial charge in [0.05, 0.1) is 0 Å². The summed E-state index contributed by atoms with van der Waals surface area (Å²) in [5.74, 6) is -1.77. The fourth-order valence-corrected chi connectivity index (χ4v) is 4.26. The second-order valence-electron chi connectivity index (χ2n) is 8.08. The number of hydrogen-bond acceptors (Lipinski definition) is 6. The van der Waals surface area contributed by atoms with Gasteiger partial charge in [-0.1, -0.05) is 0 Å². The van der Waals surface area contributed by atoms with Crippen molar-refractivity contribution in [3.8, 4) is 0 Å². The van der Waals surface area contributed by atoms with Gasteiger partial charge in [0.25, 0.3) is 5.91 Å². The van der Waals surface area contributed by atoms with Crippen molar-refractivity contribution in [3.63, 3.8) is 0 Å². The quantitative estimate of drug-likeness (QED) is 0.677. The summed E-state index contributed by atoms with van der Waals surface area (Å²) in [5, 5.41) is 4.78. The van der Waals surface area contributed by atoms with Gasteiger partial charge < -0.3 is 19.5 Å². The van der Waals surface area contributed by atoms with Crippen LogP contribution in [0.1, 0.15) is 31.4 Å². The molecule has 2 N–H and O–H groups in total. The van der Waals surface area contributed by atoms with Crippen molar-refractivity contribution in [1.82, 2.24) is 20.5 Å². The fraction of sp³-hybridized carbons (Fsp3) is 0.429. The number of oxazole rings is 1. The Bertz CT molecular complexity index is 1050. The first-order chi connectivity index (χ1) is 15.2. The highest BCUT2D eigenvalue weighted by atomic mass is 19.1. The number of aromatic nitrogens is 1. The first kappa shape index (κ1) is 21.7. The highest BCUT2D eigenvalue weighted by Crippen LogP contribution is 2.30. The van der Waals surface area contributed by atoms with E-state index in [1.165, 1.54) is 18.4 Å². The lowest BCUT2D eigenvalue weighted by Crippen LogP contribution is -2.54. The number of hydrogen-bond donors (Lipinski definition) is 2. The highest BCUT2D eigenvalue weighted by Gasteiger charge is 2.50. The predicted octanol–water partition coefficient (Wildman–Crippen LogP) is 1.81. The molecule has 1 unspecified atom stereocenters. The van der Waals surface area contributed by atoms with Crippen LogP contribution in [0.25, 0.3) is 0 Å². The van der Waals surface area contributed by atoms with E-state index in [4.69, 9.17) is 4.42 Å². The monoisotopic (exact) mass is 447 g/mol. The summed E-state index contributed by atoms with van der Waals surface area (Å²) in [5.41, 5.74) is -0.818. The van der Waals surface area contributed by atoms with E-state index in [1.54, 1.807) is 11.8 Å². The molecule has 9 nitrogen and oxygen atoms in total. The number of halogens is 2. The van der Waals surface area contributed by atoms with Crippen LogP contribution < -0.4 is 15.5 Å². The van der Waals surface area contributed by atoms with Gasteiger partial charge in [0, 0.05) is 50.8 Å². The zero-order chi connectivity index (χ0) is 23.0. The molecule has 11 heteroatoms. The number of imide groups is 1. The zero-order valence-corrected chi connectivity index (χ0v) is 17.7. The second-order valence-corrected chi connectivity index (χ2v) is 8.08. The maximum Gasteiger partial charge on any atom is 0.322 e. The van der Waals surface area contributed by atoms with Crippen LogP contribution in [0, 0.1) is 18.6 Å². The molecule has 2 aromatic rings.